The molecule has 0 atom stereocenters. The molecule has 0 saturated heterocycles. The minimum Gasteiger partial charge on any atom is -0.381 e. The van der Waals surface area contributed by atoms with Crippen LogP contribution >= 0.6 is 0 Å². The van der Waals surface area contributed by atoms with E-state index in [0.29, 0.717) is 12.1 Å². The van der Waals surface area contributed by atoms with Crippen molar-refractivity contribution in [3.63, 3.8) is 0 Å². The van der Waals surface area contributed by atoms with Crippen molar-refractivity contribution < 1.29 is 9.18 Å². The zero-order chi connectivity index (χ0) is 14.7. The van der Waals surface area contributed by atoms with Crippen molar-refractivity contribution in [3.05, 3.63) is 64.5 Å². The number of nitrogens with two attached hydrogens (primary N) is 1. The highest BCUT2D eigenvalue weighted by Gasteiger charge is 2.07. The highest BCUT2D eigenvalue weighted by molar-refractivity contribution is 5.92. The fraction of sp³-hybridized carbons (Fsp3) is 0.188. The summed E-state index contributed by atoms with van der Waals surface area (Å²) in [6.45, 7) is 4.38. The molecule has 3 N–H and O–H groups in total. The summed E-state index contributed by atoms with van der Waals surface area (Å²) in [4.78, 5) is 11.0. The van der Waals surface area contributed by atoms with Crippen molar-refractivity contribution in [2.24, 2.45) is 5.73 Å². The maximum Gasteiger partial charge on any atom is 0.248 e. The van der Waals surface area contributed by atoms with Crippen LogP contribution in [0.5, 0.6) is 0 Å². The van der Waals surface area contributed by atoms with Crippen molar-refractivity contribution >= 4 is 11.6 Å². The van der Waals surface area contributed by atoms with Crippen LogP contribution < -0.4 is 11.1 Å². The molecule has 4 heteroatoms. The van der Waals surface area contributed by atoms with Crippen molar-refractivity contribution in [2.45, 2.75) is 20.4 Å². The molecule has 0 aliphatic heterocycles. The van der Waals surface area contributed by atoms with Crippen molar-refractivity contribution in [3.8, 4) is 0 Å². The molecule has 2 aromatic rings. The zero-order valence-corrected chi connectivity index (χ0v) is 11.5. The van der Waals surface area contributed by atoms with Crippen LogP contribution in [0.25, 0.3) is 0 Å². The van der Waals surface area contributed by atoms with Gasteiger partial charge in [0.25, 0.3) is 0 Å². The molecule has 0 aliphatic carbocycles. The monoisotopic (exact) mass is 272 g/mol. The summed E-state index contributed by atoms with van der Waals surface area (Å²) in [7, 11) is 0. The van der Waals surface area contributed by atoms with Gasteiger partial charge in [-0.2, -0.15) is 0 Å². The van der Waals surface area contributed by atoms with Crippen LogP contribution in [-0.2, 0) is 6.54 Å². The van der Waals surface area contributed by atoms with Crippen LogP contribution in [0, 0.1) is 19.7 Å². The average molecular weight is 272 g/mol. The van der Waals surface area contributed by atoms with Crippen LogP contribution in [0.3, 0.4) is 0 Å². The Morgan fingerprint density at radius 1 is 1.15 bits per heavy atom. The molecule has 0 radical (unpaired) electrons. The summed E-state index contributed by atoms with van der Waals surface area (Å²) in [6, 6.07) is 10.4. The largest absolute Gasteiger partial charge is 0.381 e. The fourth-order valence-electron chi connectivity index (χ4n) is 2.12. The molecule has 104 valence electrons. The number of carbonyl (C=O) groups excluding carboxylic acids is 1. The zero-order valence-electron chi connectivity index (χ0n) is 11.5. The van der Waals surface area contributed by atoms with Crippen LogP contribution in [0.2, 0.25) is 0 Å². The Morgan fingerprint density at radius 2 is 1.80 bits per heavy atom. The predicted molar refractivity (Wildman–Crippen MR) is 78.2 cm³/mol. The molecule has 0 aliphatic rings. The molecular weight excluding hydrogens is 255 g/mol. The first-order valence-corrected chi connectivity index (χ1v) is 6.36. The van der Waals surface area contributed by atoms with E-state index in [4.69, 9.17) is 5.73 Å². The second kappa shape index (κ2) is 5.74. The van der Waals surface area contributed by atoms with Crippen molar-refractivity contribution in [1.82, 2.24) is 0 Å². The molecule has 0 saturated carbocycles. The summed E-state index contributed by atoms with van der Waals surface area (Å²) >= 11 is 0. The van der Waals surface area contributed by atoms with Crippen LogP contribution in [0.15, 0.2) is 36.4 Å². The Kier molecular flexibility index (Phi) is 4.03. The normalized spacial score (nSPS) is 10.3. The van der Waals surface area contributed by atoms with Gasteiger partial charge in [-0.05, 0) is 49.2 Å². The summed E-state index contributed by atoms with van der Waals surface area (Å²) in [5.74, 6) is -1.06. The van der Waals surface area contributed by atoms with E-state index < -0.39 is 11.7 Å². The molecule has 0 heterocycles. The molecule has 0 fully saturated rings. The SMILES string of the molecule is Cc1cc(C)cc(NCc2ccc(C(N)=O)cc2F)c1. The van der Waals surface area contributed by atoms with Gasteiger partial charge in [0.1, 0.15) is 5.82 Å². The lowest BCUT2D eigenvalue weighted by Crippen LogP contribution is -2.12. The Morgan fingerprint density at radius 3 is 2.35 bits per heavy atom. The van der Waals surface area contributed by atoms with Crippen LogP contribution in [-0.4, -0.2) is 5.91 Å². The molecule has 0 unspecified atom stereocenters. The lowest BCUT2D eigenvalue weighted by molar-refractivity contribution is 0.1000. The number of carbonyl (C=O) groups is 1. The van der Waals surface area contributed by atoms with E-state index in [-0.39, 0.29) is 5.56 Å². The maximum absolute atomic E-state index is 13.8. The van der Waals surface area contributed by atoms with Gasteiger partial charge < -0.3 is 11.1 Å². The van der Waals surface area contributed by atoms with Gasteiger partial charge in [-0.3, -0.25) is 4.79 Å². The van der Waals surface area contributed by atoms with Gasteiger partial charge in [0.15, 0.2) is 0 Å². The Hall–Kier alpha value is -2.36. The van der Waals surface area contributed by atoms with Gasteiger partial charge in [-0.25, -0.2) is 4.39 Å². The molecule has 3 nitrogen and oxygen atoms in total. The number of primary amides is 1. The van der Waals surface area contributed by atoms with Gasteiger partial charge in [0.2, 0.25) is 5.91 Å². The van der Waals surface area contributed by atoms with Gasteiger partial charge in [-0.15, -0.1) is 0 Å². The Bertz CT molecular complexity index is 633. The van der Waals surface area contributed by atoms with E-state index in [1.807, 2.05) is 26.0 Å². The number of anilines is 1. The van der Waals surface area contributed by atoms with Gasteiger partial charge >= 0.3 is 0 Å². The van der Waals surface area contributed by atoms with E-state index >= 15 is 0 Å². The first-order valence-electron chi connectivity index (χ1n) is 6.36. The van der Waals surface area contributed by atoms with E-state index in [0.717, 1.165) is 16.8 Å². The minimum atomic E-state index is -0.627. The third-order valence-corrected chi connectivity index (χ3v) is 3.04. The molecule has 1 amide bonds. The third-order valence-electron chi connectivity index (χ3n) is 3.04. The van der Waals surface area contributed by atoms with E-state index in [1.165, 1.54) is 12.1 Å². The summed E-state index contributed by atoms with van der Waals surface area (Å²) in [5.41, 5.74) is 9.03. The lowest BCUT2D eigenvalue weighted by Gasteiger charge is -2.10. The molecule has 0 spiro atoms. The number of nitrogens with one attached hydrogen (secondary N) is 1. The molecule has 2 aromatic carbocycles. The van der Waals surface area contributed by atoms with E-state index in [2.05, 4.69) is 11.4 Å². The van der Waals surface area contributed by atoms with Crippen molar-refractivity contribution in [1.29, 1.82) is 0 Å². The lowest BCUT2D eigenvalue weighted by atomic mass is 10.1. The van der Waals surface area contributed by atoms with Gasteiger partial charge in [0.05, 0.1) is 0 Å². The fourth-order valence-corrected chi connectivity index (χ4v) is 2.12. The minimum absolute atomic E-state index is 0.178. The van der Waals surface area contributed by atoms with Crippen molar-refractivity contribution in [2.75, 3.05) is 5.32 Å². The van der Waals surface area contributed by atoms with Crippen LogP contribution in [0.1, 0.15) is 27.0 Å². The molecule has 0 bridgehead atoms. The number of aryl methyl sites for hydroxylation is 2. The maximum atomic E-state index is 13.8. The molecule has 2 rings (SSSR count). The average Bonchev–Trinajstić information content (AvgIpc) is 2.36. The van der Waals surface area contributed by atoms with Gasteiger partial charge in [-0.1, -0.05) is 12.1 Å². The number of hydrogen-bond donors (Lipinski definition) is 2. The first kappa shape index (κ1) is 14.1. The first-order chi connectivity index (χ1) is 9.45. The summed E-state index contributed by atoms with van der Waals surface area (Å²) in [5, 5.41) is 3.18. The Balaban J connectivity index is 2.12. The third kappa shape index (κ3) is 3.35. The number of amides is 1. The van der Waals surface area contributed by atoms with Crippen LogP contribution in [0.4, 0.5) is 10.1 Å². The number of rotatable bonds is 4. The second-order valence-electron chi connectivity index (χ2n) is 4.90. The number of halogens is 1. The van der Waals surface area contributed by atoms with E-state index in [9.17, 15) is 9.18 Å². The highest BCUT2D eigenvalue weighted by Crippen LogP contribution is 2.16. The Labute approximate surface area is 117 Å². The topological polar surface area (TPSA) is 55.1 Å². The predicted octanol–water partition coefficient (Wildman–Crippen LogP) is 3.15. The summed E-state index contributed by atoms with van der Waals surface area (Å²) in [6.07, 6.45) is 0. The molecule has 20 heavy (non-hydrogen) atoms. The highest BCUT2D eigenvalue weighted by atomic mass is 19.1. The standard InChI is InChI=1S/C16H17FN2O/c1-10-5-11(2)7-14(6-10)19-9-13-4-3-12(16(18)20)8-15(13)17/h3-8,19H,9H2,1-2H3,(H2,18,20). The van der Waals surface area contributed by atoms with E-state index in [1.54, 1.807) is 6.07 Å². The number of benzene rings is 2. The smallest absolute Gasteiger partial charge is 0.248 e. The quantitative estimate of drug-likeness (QED) is 0.898. The second-order valence-corrected chi connectivity index (χ2v) is 4.90. The van der Waals surface area contributed by atoms with Gasteiger partial charge in [0, 0.05) is 23.4 Å². The molecular formula is C16H17FN2O. The summed E-state index contributed by atoms with van der Waals surface area (Å²) < 4.78 is 13.8. The molecule has 0 aromatic heterocycles. The number of hydrogen-bond acceptors (Lipinski definition) is 2.